The van der Waals surface area contributed by atoms with E-state index in [9.17, 15) is 23.5 Å². The number of nitrogens with one attached hydrogen (secondary N) is 2. The fourth-order valence-electron chi connectivity index (χ4n) is 5.73. The van der Waals surface area contributed by atoms with E-state index < -0.39 is 24.0 Å². The average molecular weight is 632 g/mol. The number of aromatic nitrogens is 2. The van der Waals surface area contributed by atoms with Gasteiger partial charge in [-0.15, -0.1) is 0 Å². The lowest BCUT2D eigenvalue weighted by atomic mass is 9.99. The van der Waals surface area contributed by atoms with Gasteiger partial charge in [0.25, 0.3) is 17.7 Å². The van der Waals surface area contributed by atoms with E-state index >= 15 is 0 Å². The molecule has 242 valence electrons. The Hall–Kier alpha value is -4.48. The number of carbonyl (C=O) groups excluding carboxylic acids is 2. The van der Waals surface area contributed by atoms with Crippen LogP contribution in [0.1, 0.15) is 80.4 Å². The largest absolute Gasteiger partial charge is 0.446 e. The maximum Gasteiger partial charge on any atom is 0.272 e. The van der Waals surface area contributed by atoms with Crippen LogP contribution < -0.4 is 10.6 Å². The van der Waals surface area contributed by atoms with Crippen molar-refractivity contribution in [3.05, 3.63) is 118 Å². The second-order valence-electron chi connectivity index (χ2n) is 12.0. The summed E-state index contributed by atoms with van der Waals surface area (Å²) in [6.45, 7) is 5.32. The van der Waals surface area contributed by atoms with Crippen molar-refractivity contribution in [2.75, 3.05) is 13.1 Å². The molecule has 0 saturated carbocycles. The second kappa shape index (κ2) is 14.3. The second-order valence-corrected chi connectivity index (χ2v) is 12.0. The number of carbonyl (C=O) groups is 2. The molecular weight excluding hydrogens is 592 g/mol. The van der Waals surface area contributed by atoms with E-state index in [0.717, 1.165) is 42.8 Å². The predicted molar refractivity (Wildman–Crippen MR) is 168 cm³/mol. The van der Waals surface area contributed by atoms with Gasteiger partial charge in [-0.05, 0) is 74.1 Å². The van der Waals surface area contributed by atoms with Crippen molar-refractivity contribution in [3.8, 4) is 0 Å². The number of hydrogen-bond donors (Lipinski definition) is 3. The minimum Gasteiger partial charge on any atom is -0.446 e. The summed E-state index contributed by atoms with van der Waals surface area (Å²) in [6, 6.07) is 14.9. The van der Waals surface area contributed by atoms with Crippen LogP contribution >= 0.6 is 0 Å². The zero-order valence-electron chi connectivity index (χ0n) is 26.2. The molecule has 3 unspecified atom stereocenters. The highest BCUT2D eigenvalue weighted by atomic mass is 19.3. The molecule has 5 rings (SSSR count). The number of pyridine rings is 1. The van der Waals surface area contributed by atoms with Crippen molar-refractivity contribution in [3.63, 3.8) is 0 Å². The third-order valence-electron chi connectivity index (χ3n) is 8.09. The van der Waals surface area contributed by atoms with Crippen LogP contribution in [0.3, 0.4) is 0 Å². The number of rotatable bonds is 12. The van der Waals surface area contributed by atoms with Gasteiger partial charge in [0.15, 0.2) is 0 Å². The minimum atomic E-state index is -3.01. The number of nitrogens with zero attached hydrogens (tertiary/aromatic N) is 3. The Balaban J connectivity index is 1.29. The normalized spacial score (nSPS) is 16.3. The van der Waals surface area contributed by atoms with Crippen LogP contribution in [0, 0.1) is 13.8 Å². The molecule has 0 radical (unpaired) electrons. The Bertz CT molecular complexity index is 1660. The van der Waals surface area contributed by atoms with E-state index in [1.807, 2.05) is 44.2 Å². The summed E-state index contributed by atoms with van der Waals surface area (Å²) < 4.78 is 33.1. The Kier molecular flexibility index (Phi) is 10.2. The van der Waals surface area contributed by atoms with Crippen molar-refractivity contribution in [2.45, 2.75) is 70.7 Å². The van der Waals surface area contributed by atoms with Crippen LogP contribution in [0.25, 0.3) is 0 Å². The van der Waals surface area contributed by atoms with Gasteiger partial charge in [-0.25, -0.2) is 13.8 Å². The number of oxazole rings is 1. The van der Waals surface area contributed by atoms with Crippen molar-refractivity contribution < 1.29 is 27.9 Å². The standard InChI is InChI=1S/C35H39F2N5O4/c1-22-12-26(16-27(13-22)34(45)42-11-7-10-30(42)33-40-23(2)21-46-33)32(44)41-29(15-24-8-5-4-6-9-24)31(43)20-39-18-25-14-28(19-38-17-25)35(3,36)37/h4-6,8-9,12-14,16-17,19,21,29-31,39,43H,7,10-11,15,18,20H2,1-3H3,(H,41,44). The first-order valence-corrected chi connectivity index (χ1v) is 15.4. The molecule has 0 bridgehead atoms. The van der Waals surface area contributed by atoms with Gasteiger partial charge in [-0.2, -0.15) is 0 Å². The van der Waals surface area contributed by atoms with E-state index in [0.29, 0.717) is 35.5 Å². The molecule has 2 aromatic heterocycles. The summed E-state index contributed by atoms with van der Waals surface area (Å²) in [6.07, 6.45) is 5.08. The Labute approximate surface area is 267 Å². The molecule has 0 spiro atoms. The van der Waals surface area contributed by atoms with E-state index in [-0.39, 0.29) is 30.6 Å². The molecule has 0 aliphatic carbocycles. The van der Waals surface area contributed by atoms with Crippen LogP contribution in [-0.4, -0.2) is 57.0 Å². The third-order valence-corrected chi connectivity index (χ3v) is 8.09. The van der Waals surface area contributed by atoms with Crippen molar-refractivity contribution in [2.24, 2.45) is 0 Å². The number of alkyl halides is 2. The summed E-state index contributed by atoms with van der Waals surface area (Å²) in [4.78, 5) is 37.4. The molecule has 11 heteroatoms. The van der Waals surface area contributed by atoms with E-state index in [1.165, 1.54) is 12.3 Å². The lowest BCUT2D eigenvalue weighted by Crippen LogP contribution is -2.48. The zero-order valence-corrected chi connectivity index (χ0v) is 26.2. The SMILES string of the molecule is Cc1cc(C(=O)NC(Cc2ccccc2)C(O)CNCc2cncc(C(C)(F)F)c2)cc(C(=O)N2CCCC2c2nc(C)co2)c1. The van der Waals surface area contributed by atoms with Gasteiger partial charge in [-0.3, -0.25) is 14.6 Å². The molecule has 2 amide bonds. The highest BCUT2D eigenvalue weighted by molar-refractivity contribution is 6.00. The Morgan fingerprint density at radius 2 is 1.85 bits per heavy atom. The lowest BCUT2D eigenvalue weighted by molar-refractivity contribution is 0.0170. The number of aliphatic hydroxyl groups is 1. The number of aryl methyl sites for hydroxylation is 2. The highest BCUT2D eigenvalue weighted by Crippen LogP contribution is 2.33. The van der Waals surface area contributed by atoms with Gasteiger partial charge in [0, 0.05) is 55.6 Å². The molecule has 3 N–H and O–H groups in total. The summed E-state index contributed by atoms with van der Waals surface area (Å²) in [5, 5.41) is 17.3. The van der Waals surface area contributed by atoms with Crippen LogP contribution in [0.15, 0.2) is 77.7 Å². The van der Waals surface area contributed by atoms with Gasteiger partial charge in [-0.1, -0.05) is 30.3 Å². The summed E-state index contributed by atoms with van der Waals surface area (Å²) in [7, 11) is 0. The van der Waals surface area contributed by atoms with Crippen molar-refractivity contribution >= 4 is 11.8 Å². The van der Waals surface area contributed by atoms with Crippen LogP contribution in [-0.2, 0) is 18.9 Å². The van der Waals surface area contributed by atoms with Crippen LogP contribution in [0.5, 0.6) is 0 Å². The van der Waals surface area contributed by atoms with Gasteiger partial charge in [0.05, 0.1) is 17.8 Å². The molecule has 1 aliphatic heterocycles. The van der Waals surface area contributed by atoms with Gasteiger partial charge in [0.1, 0.15) is 12.3 Å². The number of halogens is 2. The van der Waals surface area contributed by atoms with Gasteiger partial charge in [0.2, 0.25) is 5.89 Å². The maximum absolute atomic E-state index is 13.8. The molecule has 1 aliphatic rings. The summed E-state index contributed by atoms with van der Waals surface area (Å²) in [5.41, 5.74) is 3.45. The monoisotopic (exact) mass is 631 g/mol. The molecule has 9 nitrogen and oxygen atoms in total. The van der Waals surface area contributed by atoms with E-state index in [1.54, 1.807) is 29.4 Å². The molecule has 4 aromatic rings. The fraction of sp³-hybridized carbons (Fsp3) is 0.371. The third kappa shape index (κ3) is 8.21. The van der Waals surface area contributed by atoms with Crippen LogP contribution in [0.4, 0.5) is 8.78 Å². The first-order chi connectivity index (χ1) is 22.0. The van der Waals surface area contributed by atoms with E-state index in [2.05, 4.69) is 20.6 Å². The smallest absolute Gasteiger partial charge is 0.272 e. The number of hydrogen-bond acceptors (Lipinski definition) is 7. The molecule has 3 heterocycles. The van der Waals surface area contributed by atoms with Crippen molar-refractivity contribution in [1.29, 1.82) is 0 Å². The minimum absolute atomic E-state index is 0.0821. The molecule has 3 atom stereocenters. The predicted octanol–water partition coefficient (Wildman–Crippen LogP) is 5.27. The molecule has 1 saturated heterocycles. The van der Waals surface area contributed by atoms with Gasteiger partial charge >= 0.3 is 0 Å². The fourth-order valence-corrected chi connectivity index (χ4v) is 5.73. The number of likely N-dealkylation sites (tertiary alicyclic amines) is 1. The lowest BCUT2D eigenvalue weighted by Gasteiger charge is -2.25. The van der Waals surface area contributed by atoms with Crippen molar-refractivity contribution in [1.82, 2.24) is 25.5 Å². The quantitative estimate of drug-likeness (QED) is 0.195. The molecule has 46 heavy (non-hydrogen) atoms. The summed E-state index contributed by atoms with van der Waals surface area (Å²) in [5.74, 6) is -3.14. The highest BCUT2D eigenvalue weighted by Gasteiger charge is 2.34. The van der Waals surface area contributed by atoms with Crippen LogP contribution in [0.2, 0.25) is 0 Å². The maximum atomic E-state index is 13.8. The topological polar surface area (TPSA) is 121 Å². The molecule has 2 aromatic carbocycles. The van der Waals surface area contributed by atoms with E-state index in [4.69, 9.17) is 4.42 Å². The molecular formula is C35H39F2N5O4. The first-order valence-electron chi connectivity index (χ1n) is 15.4. The first kappa shape index (κ1) is 32.9. The number of benzene rings is 2. The Morgan fingerprint density at radius 1 is 1.09 bits per heavy atom. The zero-order chi connectivity index (χ0) is 32.8. The van der Waals surface area contributed by atoms with Gasteiger partial charge < -0.3 is 25.1 Å². The summed E-state index contributed by atoms with van der Waals surface area (Å²) >= 11 is 0. The Morgan fingerprint density at radius 3 is 2.57 bits per heavy atom. The average Bonchev–Trinajstić information content (AvgIpc) is 3.69. The number of amides is 2. The number of aliphatic hydroxyl groups excluding tert-OH is 1. The molecule has 1 fully saturated rings.